The molecule has 0 saturated carbocycles. The highest BCUT2D eigenvalue weighted by Gasteiger charge is 2.13. The van der Waals surface area contributed by atoms with Gasteiger partial charge in [0, 0.05) is 6.20 Å². The Balaban J connectivity index is 1.73. The van der Waals surface area contributed by atoms with Crippen molar-refractivity contribution in [3.05, 3.63) is 18.3 Å². The highest BCUT2D eigenvalue weighted by atomic mass is 16.5. The van der Waals surface area contributed by atoms with E-state index in [1.165, 1.54) is 12.8 Å². The first-order valence-electron chi connectivity index (χ1n) is 5.84. The summed E-state index contributed by atoms with van der Waals surface area (Å²) < 4.78 is 5.45. The van der Waals surface area contributed by atoms with Crippen LogP contribution in [-0.4, -0.2) is 29.8 Å². The van der Waals surface area contributed by atoms with Crippen LogP contribution in [0.25, 0.3) is 0 Å². The maximum Gasteiger partial charge on any atom is 0.256 e. The molecule has 4 nitrogen and oxygen atoms in total. The molecule has 1 aliphatic rings. The lowest BCUT2D eigenvalue weighted by molar-refractivity contribution is 0.239. The van der Waals surface area contributed by atoms with Gasteiger partial charge >= 0.3 is 0 Å². The predicted octanol–water partition coefficient (Wildman–Crippen LogP) is 1.56. The molecule has 16 heavy (non-hydrogen) atoms. The lowest BCUT2D eigenvalue weighted by Gasteiger charge is -2.22. The molecule has 1 atom stereocenters. The van der Waals surface area contributed by atoms with E-state index in [9.17, 15) is 5.11 Å². The molecule has 0 unspecified atom stereocenters. The SMILES string of the molecule is Oc1cccnc1OCC[C@H]1CCCNC1. The Kier molecular flexibility index (Phi) is 3.99. The molecule has 0 radical (unpaired) electrons. The topological polar surface area (TPSA) is 54.4 Å². The van der Waals surface area contributed by atoms with E-state index in [0.717, 1.165) is 19.5 Å². The molecule has 1 fully saturated rings. The van der Waals surface area contributed by atoms with Gasteiger partial charge in [0.1, 0.15) is 0 Å². The second-order valence-corrected chi connectivity index (χ2v) is 4.18. The first-order chi connectivity index (χ1) is 7.86. The number of nitrogens with zero attached hydrogens (tertiary/aromatic N) is 1. The highest BCUT2D eigenvalue weighted by Crippen LogP contribution is 2.22. The molecule has 2 N–H and O–H groups in total. The summed E-state index contributed by atoms with van der Waals surface area (Å²) in [4.78, 5) is 3.97. The van der Waals surface area contributed by atoms with Gasteiger partial charge in [-0.25, -0.2) is 4.98 Å². The summed E-state index contributed by atoms with van der Waals surface area (Å²) in [7, 11) is 0. The lowest BCUT2D eigenvalue weighted by Crippen LogP contribution is -2.30. The van der Waals surface area contributed by atoms with Crippen molar-refractivity contribution in [2.24, 2.45) is 5.92 Å². The van der Waals surface area contributed by atoms with Gasteiger partial charge in [0.15, 0.2) is 5.75 Å². The zero-order valence-electron chi connectivity index (χ0n) is 9.35. The number of aromatic nitrogens is 1. The van der Waals surface area contributed by atoms with Crippen LogP contribution < -0.4 is 10.1 Å². The van der Waals surface area contributed by atoms with Crippen LogP contribution in [-0.2, 0) is 0 Å². The Morgan fingerprint density at radius 2 is 2.50 bits per heavy atom. The molecule has 1 aliphatic heterocycles. The summed E-state index contributed by atoms with van der Waals surface area (Å²) in [6.07, 6.45) is 5.16. The van der Waals surface area contributed by atoms with E-state index < -0.39 is 0 Å². The van der Waals surface area contributed by atoms with Gasteiger partial charge in [0.05, 0.1) is 6.61 Å². The summed E-state index contributed by atoms with van der Waals surface area (Å²) in [6.45, 7) is 2.84. The first kappa shape index (κ1) is 11.2. The second kappa shape index (κ2) is 5.70. The Bertz CT molecular complexity index is 325. The van der Waals surface area contributed by atoms with Crippen LogP contribution in [0.15, 0.2) is 18.3 Å². The minimum atomic E-state index is 0.115. The van der Waals surface area contributed by atoms with E-state index in [4.69, 9.17) is 4.74 Å². The fourth-order valence-corrected chi connectivity index (χ4v) is 1.99. The summed E-state index contributed by atoms with van der Waals surface area (Å²) in [5, 5.41) is 12.8. The van der Waals surface area contributed by atoms with E-state index in [0.29, 0.717) is 18.4 Å². The largest absolute Gasteiger partial charge is 0.503 e. The molecule has 0 aliphatic carbocycles. The summed E-state index contributed by atoms with van der Waals surface area (Å²) in [5.74, 6) is 1.15. The van der Waals surface area contributed by atoms with Gasteiger partial charge in [-0.15, -0.1) is 0 Å². The lowest BCUT2D eigenvalue weighted by atomic mass is 9.97. The molecule has 1 saturated heterocycles. The Labute approximate surface area is 95.7 Å². The zero-order chi connectivity index (χ0) is 11.2. The Hall–Kier alpha value is -1.29. The zero-order valence-corrected chi connectivity index (χ0v) is 9.35. The average molecular weight is 222 g/mol. The van der Waals surface area contributed by atoms with Gasteiger partial charge in [-0.2, -0.15) is 0 Å². The minimum Gasteiger partial charge on any atom is -0.503 e. The summed E-state index contributed by atoms with van der Waals surface area (Å²) in [5.41, 5.74) is 0. The maximum atomic E-state index is 9.45. The molecule has 0 amide bonds. The molecular formula is C12H18N2O2. The maximum absolute atomic E-state index is 9.45. The molecule has 0 aromatic carbocycles. The molecule has 4 heteroatoms. The predicted molar refractivity (Wildman–Crippen MR) is 61.6 cm³/mol. The molecule has 0 spiro atoms. The van der Waals surface area contributed by atoms with Crippen molar-refractivity contribution in [2.45, 2.75) is 19.3 Å². The van der Waals surface area contributed by atoms with Crippen molar-refractivity contribution in [3.63, 3.8) is 0 Å². The van der Waals surface area contributed by atoms with Crippen molar-refractivity contribution in [2.75, 3.05) is 19.7 Å². The van der Waals surface area contributed by atoms with E-state index in [2.05, 4.69) is 10.3 Å². The van der Waals surface area contributed by atoms with Crippen molar-refractivity contribution < 1.29 is 9.84 Å². The fraction of sp³-hybridized carbons (Fsp3) is 0.583. The number of aromatic hydroxyl groups is 1. The van der Waals surface area contributed by atoms with E-state index >= 15 is 0 Å². The van der Waals surface area contributed by atoms with Gasteiger partial charge in [0.2, 0.25) is 0 Å². The molecular weight excluding hydrogens is 204 g/mol. The van der Waals surface area contributed by atoms with E-state index in [1.54, 1.807) is 18.3 Å². The Morgan fingerprint density at radius 1 is 1.56 bits per heavy atom. The van der Waals surface area contributed by atoms with Gasteiger partial charge in [-0.3, -0.25) is 0 Å². The van der Waals surface area contributed by atoms with Crippen LogP contribution in [0, 0.1) is 5.92 Å². The van der Waals surface area contributed by atoms with Crippen LogP contribution in [0.2, 0.25) is 0 Å². The fourth-order valence-electron chi connectivity index (χ4n) is 1.99. The monoisotopic (exact) mass is 222 g/mol. The van der Waals surface area contributed by atoms with Crippen LogP contribution in [0.4, 0.5) is 0 Å². The number of pyridine rings is 1. The van der Waals surface area contributed by atoms with Crippen molar-refractivity contribution in [1.82, 2.24) is 10.3 Å². The highest BCUT2D eigenvalue weighted by molar-refractivity contribution is 5.30. The molecule has 1 aromatic rings. The number of hydrogen-bond acceptors (Lipinski definition) is 4. The van der Waals surface area contributed by atoms with Crippen molar-refractivity contribution in [1.29, 1.82) is 0 Å². The molecule has 2 heterocycles. The number of rotatable bonds is 4. The molecule has 0 bridgehead atoms. The van der Waals surface area contributed by atoms with Crippen LogP contribution in [0.5, 0.6) is 11.6 Å². The standard InChI is InChI=1S/C12H18N2O2/c15-11-4-2-7-14-12(11)16-8-5-10-3-1-6-13-9-10/h2,4,7,10,13,15H,1,3,5-6,8-9H2/t10-/m1/s1. The van der Waals surface area contributed by atoms with Crippen molar-refractivity contribution >= 4 is 0 Å². The number of hydrogen-bond donors (Lipinski definition) is 2. The molecule has 88 valence electrons. The van der Waals surface area contributed by atoms with Crippen LogP contribution >= 0.6 is 0 Å². The number of nitrogens with one attached hydrogen (secondary N) is 1. The Morgan fingerprint density at radius 3 is 3.25 bits per heavy atom. The first-order valence-corrected chi connectivity index (χ1v) is 5.84. The van der Waals surface area contributed by atoms with Gasteiger partial charge in [0.25, 0.3) is 5.88 Å². The summed E-state index contributed by atoms with van der Waals surface area (Å²) >= 11 is 0. The average Bonchev–Trinajstić information content (AvgIpc) is 2.33. The van der Waals surface area contributed by atoms with E-state index in [-0.39, 0.29) is 5.75 Å². The minimum absolute atomic E-state index is 0.115. The van der Waals surface area contributed by atoms with Crippen LogP contribution in [0.3, 0.4) is 0 Å². The van der Waals surface area contributed by atoms with Gasteiger partial charge in [-0.05, 0) is 50.4 Å². The second-order valence-electron chi connectivity index (χ2n) is 4.18. The van der Waals surface area contributed by atoms with Gasteiger partial charge < -0.3 is 15.2 Å². The molecule has 1 aromatic heterocycles. The van der Waals surface area contributed by atoms with Crippen molar-refractivity contribution in [3.8, 4) is 11.6 Å². The smallest absolute Gasteiger partial charge is 0.256 e. The molecule has 2 rings (SSSR count). The third-order valence-electron chi connectivity index (χ3n) is 2.91. The third kappa shape index (κ3) is 3.10. The van der Waals surface area contributed by atoms with Crippen LogP contribution in [0.1, 0.15) is 19.3 Å². The normalized spacial score (nSPS) is 20.6. The third-order valence-corrected chi connectivity index (χ3v) is 2.91. The quantitative estimate of drug-likeness (QED) is 0.811. The summed E-state index contributed by atoms with van der Waals surface area (Å²) in [6, 6.07) is 3.28. The van der Waals surface area contributed by atoms with E-state index in [1.807, 2.05) is 0 Å². The number of piperidine rings is 1. The number of ether oxygens (including phenoxy) is 1. The van der Waals surface area contributed by atoms with Gasteiger partial charge in [-0.1, -0.05) is 0 Å².